The van der Waals surface area contributed by atoms with Crippen LogP contribution >= 0.6 is 12.2 Å². The zero-order valence-corrected chi connectivity index (χ0v) is 15.6. The first kappa shape index (κ1) is 17.3. The van der Waals surface area contributed by atoms with Gasteiger partial charge in [-0.25, -0.2) is 5.01 Å². The molecule has 136 valence electrons. The van der Waals surface area contributed by atoms with E-state index < -0.39 is 0 Å². The van der Waals surface area contributed by atoms with Crippen molar-refractivity contribution in [3.63, 3.8) is 0 Å². The number of ether oxygens (including phenoxy) is 1. The average molecular weight is 377 g/mol. The first-order valence-corrected chi connectivity index (χ1v) is 9.06. The summed E-state index contributed by atoms with van der Waals surface area (Å²) in [5.41, 5.74) is 2.92. The maximum Gasteiger partial charge on any atom is 0.194 e. The van der Waals surface area contributed by atoms with Gasteiger partial charge < -0.3 is 14.5 Å². The summed E-state index contributed by atoms with van der Waals surface area (Å²) in [6.07, 6.45) is 2.38. The molecule has 27 heavy (non-hydrogen) atoms. The number of furan rings is 1. The third kappa shape index (κ3) is 3.71. The van der Waals surface area contributed by atoms with Crippen LogP contribution in [0.2, 0.25) is 0 Å². The zero-order chi connectivity index (χ0) is 18.6. The van der Waals surface area contributed by atoms with Gasteiger partial charge in [-0.1, -0.05) is 18.2 Å². The molecule has 0 saturated heterocycles. The quantitative estimate of drug-likeness (QED) is 0.660. The summed E-state index contributed by atoms with van der Waals surface area (Å²) in [6.45, 7) is 0. The Hall–Kier alpha value is -3.12. The molecule has 1 aliphatic heterocycles. The maximum absolute atomic E-state index is 5.65. The van der Waals surface area contributed by atoms with Crippen molar-refractivity contribution in [1.82, 2.24) is 5.01 Å². The van der Waals surface area contributed by atoms with E-state index in [1.54, 1.807) is 13.4 Å². The van der Waals surface area contributed by atoms with Gasteiger partial charge in [0, 0.05) is 12.1 Å². The second-order valence-electron chi connectivity index (χ2n) is 6.15. The van der Waals surface area contributed by atoms with Gasteiger partial charge >= 0.3 is 0 Å². The molecule has 1 aromatic heterocycles. The Morgan fingerprint density at radius 2 is 1.89 bits per heavy atom. The number of nitrogens with one attached hydrogen (secondary N) is 1. The van der Waals surface area contributed by atoms with E-state index in [1.165, 1.54) is 0 Å². The largest absolute Gasteiger partial charge is 0.497 e. The highest BCUT2D eigenvalue weighted by molar-refractivity contribution is 7.80. The van der Waals surface area contributed by atoms with Crippen LogP contribution < -0.4 is 10.1 Å². The highest BCUT2D eigenvalue weighted by Crippen LogP contribution is 2.33. The number of hydrogen-bond donors (Lipinski definition) is 1. The summed E-state index contributed by atoms with van der Waals surface area (Å²) >= 11 is 5.64. The smallest absolute Gasteiger partial charge is 0.194 e. The van der Waals surface area contributed by atoms with Crippen LogP contribution in [-0.4, -0.2) is 22.9 Å². The topological polar surface area (TPSA) is 50.0 Å². The van der Waals surface area contributed by atoms with Crippen LogP contribution in [0, 0.1) is 0 Å². The van der Waals surface area contributed by atoms with Gasteiger partial charge in [-0.2, -0.15) is 5.10 Å². The number of hydrazone groups is 1. The lowest BCUT2D eigenvalue weighted by atomic mass is 10.0. The van der Waals surface area contributed by atoms with E-state index in [-0.39, 0.29) is 6.04 Å². The molecule has 0 saturated carbocycles. The average Bonchev–Trinajstić information content (AvgIpc) is 3.38. The number of thiocarbonyl (C=S) groups is 1. The zero-order valence-electron chi connectivity index (χ0n) is 14.8. The van der Waals surface area contributed by atoms with E-state index in [0.29, 0.717) is 11.5 Å². The molecular weight excluding hydrogens is 358 g/mol. The van der Waals surface area contributed by atoms with Gasteiger partial charge in [0.2, 0.25) is 0 Å². The lowest BCUT2D eigenvalue weighted by molar-refractivity contribution is 0.318. The number of benzene rings is 2. The van der Waals surface area contributed by atoms with Crippen LogP contribution in [0.5, 0.6) is 5.75 Å². The number of methoxy groups -OCH3 is 1. The first-order chi connectivity index (χ1) is 13.2. The van der Waals surface area contributed by atoms with Crippen molar-refractivity contribution < 1.29 is 9.15 Å². The molecule has 2 aromatic carbocycles. The van der Waals surface area contributed by atoms with Crippen molar-refractivity contribution in [1.29, 1.82) is 0 Å². The van der Waals surface area contributed by atoms with E-state index in [4.69, 9.17) is 26.5 Å². The van der Waals surface area contributed by atoms with Crippen LogP contribution in [-0.2, 0) is 0 Å². The number of rotatable bonds is 4. The molecule has 0 bridgehead atoms. The van der Waals surface area contributed by atoms with E-state index in [2.05, 4.69) is 5.32 Å². The van der Waals surface area contributed by atoms with Crippen molar-refractivity contribution >= 4 is 28.7 Å². The standard InChI is InChI=1S/C21H19N3O2S/c1-25-17-11-9-15(10-12-17)18-14-19(20-8-5-13-26-20)24(23-18)21(27)22-16-6-3-2-4-7-16/h2-13,19H,14H2,1H3,(H,22,27). The summed E-state index contributed by atoms with van der Waals surface area (Å²) < 4.78 is 10.9. The van der Waals surface area contributed by atoms with E-state index in [9.17, 15) is 0 Å². The lowest BCUT2D eigenvalue weighted by Crippen LogP contribution is -2.30. The van der Waals surface area contributed by atoms with E-state index >= 15 is 0 Å². The molecule has 4 rings (SSSR count). The third-order valence-corrected chi connectivity index (χ3v) is 4.73. The van der Waals surface area contributed by atoms with Crippen molar-refractivity contribution in [2.45, 2.75) is 12.5 Å². The Bertz CT molecular complexity index is 937. The molecule has 0 radical (unpaired) electrons. The third-order valence-electron chi connectivity index (χ3n) is 4.44. The van der Waals surface area contributed by atoms with Crippen LogP contribution in [0.4, 0.5) is 5.69 Å². The maximum atomic E-state index is 5.65. The van der Waals surface area contributed by atoms with Gasteiger partial charge in [0.05, 0.1) is 19.1 Å². The Kier molecular flexibility index (Phi) is 4.89. The fraction of sp³-hybridized carbons (Fsp3) is 0.143. The minimum atomic E-state index is -0.0826. The van der Waals surface area contributed by atoms with Crippen molar-refractivity contribution in [3.8, 4) is 5.75 Å². The van der Waals surface area contributed by atoms with Gasteiger partial charge in [0.1, 0.15) is 17.6 Å². The minimum absolute atomic E-state index is 0.0826. The fourth-order valence-electron chi connectivity index (χ4n) is 3.06. The molecule has 0 amide bonds. The first-order valence-electron chi connectivity index (χ1n) is 8.65. The molecule has 1 N–H and O–H groups in total. The highest BCUT2D eigenvalue weighted by Gasteiger charge is 2.33. The number of para-hydroxylation sites is 1. The summed E-state index contributed by atoms with van der Waals surface area (Å²) in [4.78, 5) is 0. The summed E-state index contributed by atoms with van der Waals surface area (Å²) in [6, 6.07) is 21.5. The predicted molar refractivity (Wildman–Crippen MR) is 110 cm³/mol. The second kappa shape index (κ2) is 7.63. The monoisotopic (exact) mass is 377 g/mol. The molecule has 0 aliphatic carbocycles. The van der Waals surface area contributed by atoms with Crippen LogP contribution in [0.3, 0.4) is 0 Å². The number of nitrogens with zero attached hydrogens (tertiary/aromatic N) is 2. The van der Waals surface area contributed by atoms with E-state index in [0.717, 1.165) is 28.5 Å². The van der Waals surface area contributed by atoms with Gasteiger partial charge in [-0.05, 0) is 66.3 Å². The van der Waals surface area contributed by atoms with Crippen molar-refractivity contribution in [2.75, 3.05) is 12.4 Å². The molecule has 0 spiro atoms. The fourth-order valence-corrected chi connectivity index (χ4v) is 3.35. The Morgan fingerprint density at radius 3 is 2.56 bits per heavy atom. The van der Waals surface area contributed by atoms with Gasteiger partial charge in [-0.3, -0.25) is 0 Å². The van der Waals surface area contributed by atoms with Crippen molar-refractivity contribution in [2.24, 2.45) is 5.10 Å². The molecule has 5 nitrogen and oxygen atoms in total. The van der Waals surface area contributed by atoms with Crippen molar-refractivity contribution in [3.05, 3.63) is 84.3 Å². The van der Waals surface area contributed by atoms with Gasteiger partial charge in [0.25, 0.3) is 0 Å². The van der Waals surface area contributed by atoms with Crippen LogP contribution in [0.1, 0.15) is 23.8 Å². The highest BCUT2D eigenvalue weighted by atomic mass is 32.1. The van der Waals surface area contributed by atoms with Gasteiger partial charge in [-0.15, -0.1) is 0 Å². The predicted octanol–water partition coefficient (Wildman–Crippen LogP) is 4.84. The molecule has 3 aromatic rings. The Morgan fingerprint density at radius 1 is 1.11 bits per heavy atom. The molecule has 1 atom stereocenters. The second-order valence-corrected chi connectivity index (χ2v) is 6.54. The lowest BCUT2D eigenvalue weighted by Gasteiger charge is -2.23. The minimum Gasteiger partial charge on any atom is -0.497 e. The van der Waals surface area contributed by atoms with Crippen LogP contribution in [0.15, 0.2) is 82.5 Å². The Labute approximate surface area is 163 Å². The molecular formula is C21H19N3O2S. The molecule has 1 unspecified atom stereocenters. The molecule has 6 heteroatoms. The number of hydrogen-bond acceptors (Lipinski definition) is 4. The summed E-state index contributed by atoms with van der Waals surface area (Å²) in [7, 11) is 1.66. The number of anilines is 1. The summed E-state index contributed by atoms with van der Waals surface area (Å²) in [5.74, 6) is 1.65. The normalized spacial score (nSPS) is 16.1. The SMILES string of the molecule is COc1ccc(C2=NN(C(=S)Nc3ccccc3)C(c3ccco3)C2)cc1. The summed E-state index contributed by atoms with van der Waals surface area (Å²) in [5, 5.41) is 10.4. The molecule has 0 fully saturated rings. The Balaban J connectivity index is 1.62. The van der Waals surface area contributed by atoms with Crippen LogP contribution in [0.25, 0.3) is 0 Å². The molecule has 2 heterocycles. The van der Waals surface area contributed by atoms with E-state index in [1.807, 2.05) is 71.7 Å². The van der Waals surface area contributed by atoms with Gasteiger partial charge in [0.15, 0.2) is 5.11 Å². The molecule has 1 aliphatic rings.